The van der Waals surface area contributed by atoms with Crippen LogP contribution < -0.4 is 11.1 Å². The lowest BCUT2D eigenvalue weighted by molar-refractivity contribution is -0.121. The average molecular weight is 462 g/mol. The van der Waals surface area contributed by atoms with Gasteiger partial charge in [0, 0.05) is 36.6 Å². The van der Waals surface area contributed by atoms with Crippen LogP contribution in [-0.4, -0.2) is 30.1 Å². The van der Waals surface area contributed by atoms with Crippen LogP contribution in [0.2, 0.25) is 0 Å². The van der Waals surface area contributed by atoms with E-state index >= 15 is 0 Å². The summed E-state index contributed by atoms with van der Waals surface area (Å²) in [4.78, 5) is 17.3. The van der Waals surface area contributed by atoms with Gasteiger partial charge in [0.15, 0.2) is 0 Å². The summed E-state index contributed by atoms with van der Waals surface area (Å²) in [5.74, 6) is 1.47. The van der Waals surface area contributed by atoms with Crippen LogP contribution in [0, 0.1) is 17.7 Å². The van der Waals surface area contributed by atoms with Gasteiger partial charge >= 0.3 is 0 Å². The fourth-order valence-electron chi connectivity index (χ4n) is 5.22. The van der Waals surface area contributed by atoms with Crippen LogP contribution in [0.25, 0.3) is 22.0 Å². The minimum absolute atomic E-state index is 0.112. The summed E-state index contributed by atoms with van der Waals surface area (Å²) in [5.41, 5.74) is 9.62. The number of ether oxygens (including phenoxy) is 1. The first kappa shape index (κ1) is 22.8. The molecule has 5 nitrogen and oxygen atoms in total. The van der Waals surface area contributed by atoms with Gasteiger partial charge in [-0.15, -0.1) is 0 Å². The van der Waals surface area contributed by atoms with Crippen molar-refractivity contribution >= 4 is 22.6 Å². The van der Waals surface area contributed by atoms with E-state index in [1.807, 2.05) is 24.3 Å². The first-order valence-corrected chi connectivity index (χ1v) is 12.3. The maximum absolute atomic E-state index is 14.4. The molecule has 0 radical (unpaired) electrons. The van der Waals surface area contributed by atoms with E-state index in [9.17, 15) is 9.18 Å². The van der Waals surface area contributed by atoms with E-state index in [1.165, 1.54) is 6.07 Å². The Balaban J connectivity index is 1.45. The number of halogens is 1. The Morgan fingerprint density at radius 3 is 2.71 bits per heavy atom. The van der Waals surface area contributed by atoms with Crippen molar-refractivity contribution in [1.29, 1.82) is 0 Å². The van der Waals surface area contributed by atoms with Gasteiger partial charge in [0.25, 0.3) is 0 Å². The van der Waals surface area contributed by atoms with E-state index in [1.54, 1.807) is 12.1 Å². The first-order valence-electron chi connectivity index (χ1n) is 12.3. The number of aromatic nitrogens is 1. The molecule has 0 bridgehead atoms. The lowest BCUT2D eigenvalue weighted by Crippen LogP contribution is -2.28. The molecular formula is C28H32FN3O2. The molecule has 3 aromatic rings. The number of nitrogens with zero attached hydrogens (tertiary/aromatic N) is 1. The zero-order chi connectivity index (χ0) is 23.7. The Bertz CT molecular complexity index is 1190. The van der Waals surface area contributed by atoms with Gasteiger partial charge in [0.1, 0.15) is 11.6 Å². The number of benzene rings is 2. The number of hydrogen-bond acceptors (Lipinski definition) is 4. The maximum atomic E-state index is 14.4. The standard InChI is InChI=1S/C28H32FN3O2/c1-17-14-26(17)31-27(33)9-7-21(18-10-12-34-13-11-18)23-16-20-15-19(6-8-25(20)32-28(23)30)22-4-2-3-5-24(22)29/h2-6,8,15-18,21,26H,7,9-14H2,1H3,(H2,30,32)(H,31,33). The third-order valence-corrected chi connectivity index (χ3v) is 7.43. The van der Waals surface area contributed by atoms with Gasteiger partial charge in [0.05, 0.1) is 5.52 Å². The Morgan fingerprint density at radius 2 is 1.97 bits per heavy atom. The predicted molar refractivity (Wildman–Crippen MR) is 133 cm³/mol. The van der Waals surface area contributed by atoms with E-state index in [0.717, 1.165) is 60.9 Å². The molecule has 1 aliphatic heterocycles. The number of rotatable bonds is 7. The highest BCUT2D eigenvalue weighted by molar-refractivity contribution is 5.86. The SMILES string of the molecule is CC1CC1NC(=O)CCC(c1cc2cc(-c3ccccc3F)ccc2nc1N)C1CCOCC1. The van der Waals surface area contributed by atoms with Gasteiger partial charge < -0.3 is 15.8 Å². The number of nitrogens with one attached hydrogen (secondary N) is 1. The molecule has 5 rings (SSSR count). The summed E-state index contributed by atoms with van der Waals surface area (Å²) in [6.07, 6.45) is 4.15. The Kier molecular flexibility index (Phi) is 6.50. The molecule has 2 aliphatic rings. The van der Waals surface area contributed by atoms with E-state index in [2.05, 4.69) is 18.3 Å². The molecule has 0 spiro atoms. The second kappa shape index (κ2) is 9.71. The molecule has 3 unspecified atom stereocenters. The topological polar surface area (TPSA) is 77.2 Å². The molecule has 1 saturated carbocycles. The maximum Gasteiger partial charge on any atom is 0.220 e. The zero-order valence-electron chi connectivity index (χ0n) is 19.6. The van der Waals surface area contributed by atoms with Gasteiger partial charge in [-0.05, 0) is 78.8 Å². The van der Waals surface area contributed by atoms with Crippen LogP contribution in [0.15, 0.2) is 48.5 Å². The smallest absolute Gasteiger partial charge is 0.220 e. The van der Waals surface area contributed by atoms with Crippen LogP contribution in [0.1, 0.15) is 50.5 Å². The van der Waals surface area contributed by atoms with E-state index in [-0.39, 0.29) is 17.6 Å². The third kappa shape index (κ3) is 4.92. The molecule has 1 aromatic heterocycles. The number of anilines is 1. The number of carbonyl (C=O) groups is 1. The monoisotopic (exact) mass is 461 g/mol. The molecule has 178 valence electrons. The number of nitrogen functional groups attached to an aromatic ring is 1. The van der Waals surface area contributed by atoms with Crippen molar-refractivity contribution in [2.75, 3.05) is 18.9 Å². The summed E-state index contributed by atoms with van der Waals surface area (Å²) >= 11 is 0. The van der Waals surface area contributed by atoms with Crippen LogP contribution in [0.4, 0.5) is 10.2 Å². The largest absolute Gasteiger partial charge is 0.383 e. The Hall–Kier alpha value is -2.99. The van der Waals surface area contributed by atoms with E-state index < -0.39 is 0 Å². The van der Waals surface area contributed by atoms with Gasteiger partial charge in [0.2, 0.25) is 5.91 Å². The summed E-state index contributed by atoms with van der Waals surface area (Å²) in [6, 6.07) is 15.0. The molecule has 6 heteroatoms. The van der Waals surface area contributed by atoms with Crippen LogP contribution in [-0.2, 0) is 9.53 Å². The van der Waals surface area contributed by atoms with Crippen molar-refractivity contribution in [3.8, 4) is 11.1 Å². The van der Waals surface area contributed by atoms with Crippen molar-refractivity contribution in [3.05, 3.63) is 59.9 Å². The van der Waals surface area contributed by atoms with Crippen molar-refractivity contribution in [2.45, 2.75) is 51.0 Å². The molecule has 1 saturated heterocycles. The summed E-state index contributed by atoms with van der Waals surface area (Å²) in [7, 11) is 0. The molecule has 2 heterocycles. The number of amides is 1. The highest BCUT2D eigenvalue weighted by Crippen LogP contribution is 2.39. The molecule has 1 aliphatic carbocycles. The molecule has 3 N–H and O–H groups in total. The van der Waals surface area contributed by atoms with Crippen molar-refractivity contribution in [3.63, 3.8) is 0 Å². The Labute approximate surface area is 199 Å². The number of fused-ring (bicyclic) bond motifs is 1. The first-order chi connectivity index (χ1) is 16.5. The second-order valence-electron chi connectivity index (χ2n) is 9.83. The number of pyridine rings is 1. The molecule has 2 fully saturated rings. The molecule has 2 aromatic carbocycles. The molecule has 34 heavy (non-hydrogen) atoms. The van der Waals surface area contributed by atoms with Gasteiger partial charge in [-0.3, -0.25) is 4.79 Å². The summed E-state index contributed by atoms with van der Waals surface area (Å²) in [6.45, 7) is 3.61. The van der Waals surface area contributed by atoms with E-state index in [4.69, 9.17) is 15.5 Å². The number of hydrogen-bond donors (Lipinski definition) is 2. The fraction of sp³-hybridized carbons (Fsp3) is 0.429. The predicted octanol–water partition coefficient (Wildman–Crippen LogP) is 5.44. The zero-order valence-corrected chi connectivity index (χ0v) is 19.6. The normalized spacial score (nSPS) is 21.4. The fourth-order valence-corrected chi connectivity index (χ4v) is 5.22. The van der Waals surface area contributed by atoms with Crippen LogP contribution in [0.3, 0.4) is 0 Å². The third-order valence-electron chi connectivity index (χ3n) is 7.43. The highest BCUT2D eigenvalue weighted by atomic mass is 19.1. The molecular weight excluding hydrogens is 429 g/mol. The number of nitrogens with two attached hydrogens (primary N) is 1. The molecule has 3 atom stereocenters. The van der Waals surface area contributed by atoms with Crippen LogP contribution >= 0.6 is 0 Å². The highest BCUT2D eigenvalue weighted by Gasteiger charge is 2.34. The van der Waals surface area contributed by atoms with Crippen LogP contribution in [0.5, 0.6) is 0 Å². The Morgan fingerprint density at radius 1 is 1.21 bits per heavy atom. The number of carbonyl (C=O) groups excluding carboxylic acids is 1. The minimum Gasteiger partial charge on any atom is -0.383 e. The van der Waals surface area contributed by atoms with E-state index in [0.29, 0.717) is 35.7 Å². The van der Waals surface area contributed by atoms with Crippen molar-refractivity contribution < 1.29 is 13.9 Å². The van der Waals surface area contributed by atoms with Gasteiger partial charge in [-0.25, -0.2) is 9.37 Å². The average Bonchev–Trinajstić information content (AvgIpc) is 3.54. The van der Waals surface area contributed by atoms with Crippen molar-refractivity contribution in [2.24, 2.45) is 11.8 Å². The lowest BCUT2D eigenvalue weighted by atomic mass is 9.78. The lowest BCUT2D eigenvalue weighted by Gasteiger charge is -2.31. The van der Waals surface area contributed by atoms with Gasteiger partial charge in [-0.2, -0.15) is 0 Å². The minimum atomic E-state index is -0.249. The van der Waals surface area contributed by atoms with Crippen molar-refractivity contribution in [1.82, 2.24) is 10.3 Å². The summed E-state index contributed by atoms with van der Waals surface area (Å²) < 4.78 is 20.0. The second-order valence-corrected chi connectivity index (χ2v) is 9.83. The summed E-state index contributed by atoms with van der Waals surface area (Å²) in [5, 5.41) is 4.07. The van der Waals surface area contributed by atoms with Gasteiger partial charge in [-0.1, -0.05) is 31.2 Å². The quantitative estimate of drug-likeness (QED) is 0.491. The molecule has 1 amide bonds.